The van der Waals surface area contributed by atoms with Crippen molar-refractivity contribution >= 4 is 16.9 Å². The van der Waals surface area contributed by atoms with Crippen molar-refractivity contribution in [2.45, 2.75) is 19.5 Å². The fraction of sp³-hybridized carbons (Fsp3) is 0.308. The van der Waals surface area contributed by atoms with Gasteiger partial charge in [0.05, 0.1) is 6.26 Å². The lowest BCUT2D eigenvalue weighted by Crippen LogP contribution is -2.35. The smallest absolute Gasteiger partial charge is 0.320 e. The quantitative estimate of drug-likeness (QED) is 0.880. The Balaban J connectivity index is 2.15. The van der Waals surface area contributed by atoms with Crippen molar-refractivity contribution < 1.29 is 14.3 Å². The Morgan fingerprint density at radius 1 is 1.47 bits per heavy atom. The fourth-order valence-corrected chi connectivity index (χ4v) is 1.73. The maximum absolute atomic E-state index is 10.8. The lowest BCUT2D eigenvalue weighted by molar-refractivity contribution is -0.142. The zero-order chi connectivity index (χ0) is 12.4. The molecule has 1 N–H and O–H groups in total. The van der Waals surface area contributed by atoms with Crippen LogP contribution in [0.3, 0.4) is 0 Å². The predicted molar refractivity (Wildman–Crippen MR) is 64.8 cm³/mol. The SMILES string of the molecule is CC(C(=O)O)N(C)Cc1ccc2occc2c1. The third kappa shape index (κ3) is 2.47. The first-order chi connectivity index (χ1) is 8.08. The normalized spacial score (nSPS) is 13.1. The minimum atomic E-state index is -0.808. The highest BCUT2D eigenvalue weighted by Gasteiger charge is 2.16. The molecule has 0 aliphatic carbocycles. The van der Waals surface area contributed by atoms with Crippen LogP contribution < -0.4 is 0 Å². The second-order valence-corrected chi connectivity index (χ2v) is 4.22. The van der Waals surface area contributed by atoms with E-state index in [2.05, 4.69) is 0 Å². The molecule has 0 aliphatic rings. The summed E-state index contributed by atoms with van der Waals surface area (Å²) in [5.41, 5.74) is 1.93. The summed E-state index contributed by atoms with van der Waals surface area (Å²) in [5, 5.41) is 9.95. The van der Waals surface area contributed by atoms with E-state index >= 15 is 0 Å². The van der Waals surface area contributed by atoms with Crippen molar-refractivity contribution in [1.29, 1.82) is 0 Å². The van der Waals surface area contributed by atoms with Crippen LogP contribution in [0.5, 0.6) is 0 Å². The number of benzene rings is 1. The first-order valence-corrected chi connectivity index (χ1v) is 5.47. The topological polar surface area (TPSA) is 53.7 Å². The summed E-state index contributed by atoms with van der Waals surface area (Å²) < 4.78 is 5.26. The molecule has 0 aliphatic heterocycles. The lowest BCUT2D eigenvalue weighted by atomic mass is 10.1. The van der Waals surface area contributed by atoms with Crippen LogP contribution in [-0.4, -0.2) is 29.1 Å². The zero-order valence-electron chi connectivity index (χ0n) is 9.88. The summed E-state index contributed by atoms with van der Waals surface area (Å²) in [6.07, 6.45) is 1.65. The van der Waals surface area contributed by atoms with E-state index in [-0.39, 0.29) is 0 Å². The van der Waals surface area contributed by atoms with Crippen LogP contribution in [0.2, 0.25) is 0 Å². The average Bonchev–Trinajstić information content (AvgIpc) is 2.74. The Morgan fingerprint density at radius 2 is 2.24 bits per heavy atom. The molecule has 4 nitrogen and oxygen atoms in total. The second-order valence-electron chi connectivity index (χ2n) is 4.22. The van der Waals surface area contributed by atoms with Gasteiger partial charge in [0.25, 0.3) is 0 Å². The summed E-state index contributed by atoms with van der Waals surface area (Å²) in [6.45, 7) is 2.29. The second kappa shape index (κ2) is 4.59. The Morgan fingerprint density at radius 3 is 2.94 bits per heavy atom. The van der Waals surface area contributed by atoms with Crippen LogP contribution in [0.4, 0.5) is 0 Å². The number of hydrogen-bond donors (Lipinski definition) is 1. The monoisotopic (exact) mass is 233 g/mol. The number of nitrogens with zero attached hydrogens (tertiary/aromatic N) is 1. The third-order valence-corrected chi connectivity index (χ3v) is 2.97. The van der Waals surface area contributed by atoms with Crippen molar-refractivity contribution in [3.63, 3.8) is 0 Å². The van der Waals surface area contributed by atoms with Gasteiger partial charge in [0, 0.05) is 11.9 Å². The average molecular weight is 233 g/mol. The molecule has 0 fully saturated rings. The molecule has 0 saturated heterocycles. The van der Waals surface area contributed by atoms with Crippen LogP contribution >= 0.6 is 0 Å². The van der Waals surface area contributed by atoms with Crippen molar-refractivity contribution in [3.05, 3.63) is 36.1 Å². The summed E-state index contributed by atoms with van der Waals surface area (Å²) >= 11 is 0. The molecule has 1 aromatic heterocycles. The van der Waals surface area contributed by atoms with Crippen LogP contribution in [0.25, 0.3) is 11.0 Å². The molecule has 0 amide bonds. The molecule has 1 unspecified atom stereocenters. The Labute approximate surface area is 99.4 Å². The van der Waals surface area contributed by atoms with Gasteiger partial charge in [0.15, 0.2) is 0 Å². The number of carboxylic acid groups (broad SMARTS) is 1. The maximum atomic E-state index is 10.8. The van der Waals surface area contributed by atoms with Crippen molar-refractivity contribution in [2.24, 2.45) is 0 Å². The van der Waals surface area contributed by atoms with Crippen molar-refractivity contribution in [2.75, 3.05) is 7.05 Å². The fourth-order valence-electron chi connectivity index (χ4n) is 1.73. The molecule has 1 atom stereocenters. The van der Waals surface area contributed by atoms with E-state index in [1.54, 1.807) is 25.1 Å². The highest BCUT2D eigenvalue weighted by atomic mass is 16.4. The van der Waals surface area contributed by atoms with Crippen LogP contribution in [0, 0.1) is 0 Å². The first kappa shape index (κ1) is 11.7. The molecule has 0 spiro atoms. The molecule has 0 bridgehead atoms. The van der Waals surface area contributed by atoms with Gasteiger partial charge in [-0.3, -0.25) is 9.69 Å². The van der Waals surface area contributed by atoms with Gasteiger partial charge in [-0.05, 0) is 37.7 Å². The highest BCUT2D eigenvalue weighted by molar-refractivity contribution is 5.77. The molecule has 2 aromatic rings. The molecular weight excluding hydrogens is 218 g/mol. The van der Waals surface area contributed by atoms with Gasteiger partial charge >= 0.3 is 5.97 Å². The van der Waals surface area contributed by atoms with Gasteiger partial charge in [0.2, 0.25) is 0 Å². The van der Waals surface area contributed by atoms with Crippen LogP contribution in [-0.2, 0) is 11.3 Å². The number of carboxylic acids is 1. The summed E-state index contributed by atoms with van der Waals surface area (Å²) in [5.74, 6) is -0.808. The van der Waals surface area contributed by atoms with E-state index in [9.17, 15) is 4.79 Å². The molecular formula is C13H15NO3. The Hall–Kier alpha value is -1.81. The number of likely N-dealkylation sites (N-methyl/N-ethyl adjacent to an activating group) is 1. The van der Waals surface area contributed by atoms with Gasteiger partial charge in [0.1, 0.15) is 11.6 Å². The van der Waals surface area contributed by atoms with E-state index in [4.69, 9.17) is 9.52 Å². The first-order valence-electron chi connectivity index (χ1n) is 5.47. The molecule has 0 radical (unpaired) electrons. The number of fused-ring (bicyclic) bond motifs is 1. The van der Waals surface area contributed by atoms with Crippen molar-refractivity contribution in [1.82, 2.24) is 4.90 Å². The summed E-state index contributed by atoms with van der Waals surface area (Å²) in [7, 11) is 1.80. The Bertz CT molecular complexity index is 532. The Kier molecular flexibility index (Phi) is 3.15. The summed E-state index contributed by atoms with van der Waals surface area (Å²) in [6, 6.07) is 7.29. The molecule has 1 heterocycles. The standard InChI is InChI=1S/C13H15NO3/c1-9(13(15)16)14(2)8-10-3-4-12-11(7-10)5-6-17-12/h3-7,9H,8H2,1-2H3,(H,15,16). The molecule has 2 rings (SSSR count). The number of carbonyl (C=O) groups is 1. The number of furan rings is 1. The van der Waals surface area contributed by atoms with E-state index in [0.717, 1.165) is 16.5 Å². The van der Waals surface area contributed by atoms with E-state index in [1.807, 2.05) is 24.3 Å². The number of hydrogen-bond acceptors (Lipinski definition) is 3. The highest BCUT2D eigenvalue weighted by Crippen LogP contribution is 2.18. The van der Waals surface area contributed by atoms with Gasteiger partial charge in [-0.1, -0.05) is 6.07 Å². The van der Waals surface area contributed by atoms with Gasteiger partial charge in [-0.15, -0.1) is 0 Å². The van der Waals surface area contributed by atoms with E-state index in [1.165, 1.54) is 0 Å². The molecule has 1 aromatic carbocycles. The van der Waals surface area contributed by atoms with Gasteiger partial charge in [-0.25, -0.2) is 0 Å². The minimum Gasteiger partial charge on any atom is -0.480 e. The predicted octanol–water partition coefficient (Wildman–Crippen LogP) is 2.34. The lowest BCUT2D eigenvalue weighted by Gasteiger charge is -2.20. The molecule has 4 heteroatoms. The third-order valence-electron chi connectivity index (χ3n) is 2.97. The molecule has 17 heavy (non-hydrogen) atoms. The van der Waals surface area contributed by atoms with E-state index in [0.29, 0.717) is 6.54 Å². The maximum Gasteiger partial charge on any atom is 0.320 e. The van der Waals surface area contributed by atoms with Crippen molar-refractivity contribution in [3.8, 4) is 0 Å². The molecule has 0 saturated carbocycles. The molecule has 90 valence electrons. The number of rotatable bonds is 4. The van der Waals surface area contributed by atoms with E-state index < -0.39 is 12.0 Å². The van der Waals surface area contributed by atoms with Gasteiger partial charge in [-0.2, -0.15) is 0 Å². The largest absolute Gasteiger partial charge is 0.480 e. The number of aliphatic carboxylic acids is 1. The minimum absolute atomic E-state index is 0.491. The van der Waals surface area contributed by atoms with Crippen LogP contribution in [0.15, 0.2) is 34.9 Å². The zero-order valence-corrected chi connectivity index (χ0v) is 9.88. The summed E-state index contributed by atoms with van der Waals surface area (Å²) in [4.78, 5) is 12.6. The van der Waals surface area contributed by atoms with Gasteiger partial charge < -0.3 is 9.52 Å². The van der Waals surface area contributed by atoms with Crippen LogP contribution in [0.1, 0.15) is 12.5 Å².